The predicted molar refractivity (Wildman–Crippen MR) is 51.8 cm³/mol. The normalized spacial score (nSPS) is 30.5. The lowest BCUT2D eigenvalue weighted by atomic mass is 9.86. The lowest BCUT2D eigenvalue weighted by Crippen LogP contribution is -2.34. The zero-order valence-electron chi connectivity index (χ0n) is 8.48. The van der Waals surface area contributed by atoms with Crippen molar-refractivity contribution in [1.29, 1.82) is 0 Å². The molecule has 68 valence electrons. The molecular weight excluding hydrogens is 134 g/mol. The quantitative estimate of drug-likeness (QED) is 0.617. The van der Waals surface area contributed by atoms with Crippen LogP contribution >= 0.6 is 0 Å². The van der Waals surface area contributed by atoms with Crippen molar-refractivity contribution in [3.8, 4) is 0 Å². The smallest absolute Gasteiger partial charge is 0.00205 e. The summed E-state index contributed by atoms with van der Waals surface area (Å²) in [7, 11) is 0. The van der Waals surface area contributed by atoms with E-state index in [-0.39, 0.29) is 0 Å². The maximum Gasteiger partial charge on any atom is -0.00205 e. The Morgan fingerprint density at radius 1 is 1.36 bits per heavy atom. The predicted octanol–water partition coefficient (Wildman–Crippen LogP) is 2.67. The van der Waals surface area contributed by atoms with Gasteiger partial charge in [-0.05, 0) is 31.3 Å². The second kappa shape index (κ2) is 6.66. The first-order valence-corrected chi connectivity index (χ1v) is 5.05. The lowest BCUT2D eigenvalue weighted by molar-refractivity contribution is 0.266. The van der Waals surface area contributed by atoms with Crippen LogP contribution in [0, 0.1) is 11.8 Å². The minimum Gasteiger partial charge on any atom is -0.316 e. The summed E-state index contributed by atoms with van der Waals surface area (Å²) in [5, 5.41) is 3.40. The van der Waals surface area contributed by atoms with Gasteiger partial charge in [-0.2, -0.15) is 0 Å². The van der Waals surface area contributed by atoms with Gasteiger partial charge >= 0.3 is 0 Å². The highest BCUT2D eigenvalue weighted by atomic mass is 14.9. The van der Waals surface area contributed by atoms with E-state index in [1.165, 1.54) is 25.9 Å². The van der Waals surface area contributed by atoms with Gasteiger partial charge < -0.3 is 5.32 Å². The van der Waals surface area contributed by atoms with E-state index in [4.69, 9.17) is 0 Å². The molecule has 1 rings (SSSR count). The van der Waals surface area contributed by atoms with Crippen LogP contribution in [-0.4, -0.2) is 13.1 Å². The molecule has 0 aromatic carbocycles. The summed E-state index contributed by atoms with van der Waals surface area (Å²) in [6, 6.07) is 0. The topological polar surface area (TPSA) is 12.0 Å². The van der Waals surface area contributed by atoms with E-state index in [1.54, 1.807) is 0 Å². The number of piperidine rings is 1. The van der Waals surface area contributed by atoms with E-state index >= 15 is 0 Å². The second-order valence-corrected chi connectivity index (χ2v) is 3.14. The molecule has 1 nitrogen and oxygen atoms in total. The van der Waals surface area contributed by atoms with Crippen molar-refractivity contribution in [3.05, 3.63) is 0 Å². The number of rotatable bonds is 1. The van der Waals surface area contributed by atoms with Gasteiger partial charge in [0.25, 0.3) is 0 Å². The Labute approximate surface area is 71.6 Å². The monoisotopic (exact) mass is 157 g/mol. The molecule has 0 aliphatic carbocycles. The van der Waals surface area contributed by atoms with Crippen molar-refractivity contribution in [2.75, 3.05) is 13.1 Å². The van der Waals surface area contributed by atoms with Gasteiger partial charge in [0.05, 0.1) is 0 Å². The minimum absolute atomic E-state index is 0.906. The van der Waals surface area contributed by atoms with Crippen LogP contribution in [0.15, 0.2) is 0 Å². The summed E-state index contributed by atoms with van der Waals surface area (Å²) in [5.41, 5.74) is 0. The molecule has 0 aromatic heterocycles. The van der Waals surface area contributed by atoms with Gasteiger partial charge in [0.2, 0.25) is 0 Å². The second-order valence-electron chi connectivity index (χ2n) is 3.14. The van der Waals surface area contributed by atoms with E-state index < -0.39 is 0 Å². The maximum absolute atomic E-state index is 3.40. The van der Waals surface area contributed by atoms with Gasteiger partial charge in [-0.15, -0.1) is 0 Å². The summed E-state index contributed by atoms with van der Waals surface area (Å²) < 4.78 is 0. The van der Waals surface area contributed by atoms with E-state index in [9.17, 15) is 0 Å². The Morgan fingerprint density at radius 2 is 2.00 bits per heavy atom. The average molecular weight is 157 g/mol. The highest BCUT2D eigenvalue weighted by Crippen LogP contribution is 2.20. The van der Waals surface area contributed by atoms with E-state index in [0.29, 0.717) is 0 Å². The Balaban J connectivity index is 0.000000461. The van der Waals surface area contributed by atoms with Crippen molar-refractivity contribution in [3.63, 3.8) is 0 Å². The minimum atomic E-state index is 0.906. The largest absolute Gasteiger partial charge is 0.316 e. The van der Waals surface area contributed by atoms with Gasteiger partial charge in [0.1, 0.15) is 0 Å². The van der Waals surface area contributed by atoms with E-state index in [1.807, 2.05) is 13.8 Å². The summed E-state index contributed by atoms with van der Waals surface area (Å²) in [4.78, 5) is 0. The van der Waals surface area contributed by atoms with Crippen molar-refractivity contribution in [2.24, 2.45) is 11.8 Å². The van der Waals surface area contributed by atoms with Gasteiger partial charge in [-0.25, -0.2) is 0 Å². The summed E-state index contributed by atoms with van der Waals surface area (Å²) in [6.45, 7) is 11.1. The van der Waals surface area contributed by atoms with Gasteiger partial charge in [-0.3, -0.25) is 0 Å². The molecular formula is C10H23N. The van der Waals surface area contributed by atoms with Crippen LogP contribution in [0.1, 0.15) is 40.5 Å². The third kappa shape index (κ3) is 3.76. The Kier molecular flexibility index (Phi) is 6.63. The van der Waals surface area contributed by atoms with Crippen LogP contribution < -0.4 is 5.32 Å². The lowest BCUT2D eigenvalue weighted by Gasteiger charge is -2.28. The molecule has 0 spiro atoms. The third-order valence-corrected chi connectivity index (χ3v) is 2.49. The standard InChI is InChI=1S/C8H17N.C2H6/c1-3-8-4-5-9-6-7(8)2;1-2/h7-9H,3-6H2,1-2H3;1-2H3. The van der Waals surface area contributed by atoms with Crippen LogP contribution in [0.3, 0.4) is 0 Å². The Bertz CT molecular complexity index is 80.9. The Hall–Kier alpha value is -0.0400. The maximum atomic E-state index is 3.40. The molecule has 1 aliphatic rings. The van der Waals surface area contributed by atoms with Crippen LogP contribution in [-0.2, 0) is 0 Å². The van der Waals surface area contributed by atoms with Gasteiger partial charge in [0.15, 0.2) is 0 Å². The molecule has 11 heavy (non-hydrogen) atoms. The molecule has 1 saturated heterocycles. The molecule has 0 aromatic rings. The molecule has 0 radical (unpaired) electrons. The van der Waals surface area contributed by atoms with Gasteiger partial charge in [-0.1, -0.05) is 34.1 Å². The molecule has 1 aliphatic heterocycles. The van der Waals surface area contributed by atoms with E-state index in [0.717, 1.165) is 11.8 Å². The first kappa shape index (κ1) is 11.0. The molecule has 2 unspecified atom stereocenters. The first-order valence-electron chi connectivity index (χ1n) is 5.05. The van der Waals surface area contributed by atoms with Crippen molar-refractivity contribution in [2.45, 2.75) is 40.5 Å². The van der Waals surface area contributed by atoms with Crippen molar-refractivity contribution >= 4 is 0 Å². The van der Waals surface area contributed by atoms with E-state index in [2.05, 4.69) is 19.2 Å². The summed E-state index contributed by atoms with van der Waals surface area (Å²) >= 11 is 0. The van der Waals surface area contributed by atoms with Gasteiger partial charge in [0, 0.05) is 0 Å². The zero-order chi connectivity index (χ0) is 8.69. The van der Waals surface area contributed by atoms with Crippen LogP contribution in [0.2, 0.25) is 0 Å². The highest BCUT2D eigenvalue weighted by molar-refractivity contribution is 4.73. The molecule has 0 bridgehead atoms. The fourth-order valence-electron chi connectivity index (χ4n) is 1.67. The van der Waals surface area contributed by atoms with Crippen molar-refractivity contribution in [1.82, 2.24) is 5.32 Å². The number of hydrogen-bond donors (Lipinski definition) is 1. The fraction of sp³-hybridized carbons (Fsp3) is 1.00. The Morgan fingerprint density at radius 3 is 2.36 bits per heavy atom. The molecule has 0 amide bonds. The molecule has 2 atom stereocenters. The summed E-state index contributed by atoms with van der Waals surface area (Å²) in [6.07, 6.45) is 2.75. The molecule has 1 heteroatoms. The fourth-order valence-corrected chi connectivity index (χ4v) is 1.67. The highest BCUT2D eigenvalue weighted by Gasteiger charge is 2.18. The molecule has 1 N–H and O–H groups in total. The molecule has 0 saturated carbocycles. The molecule has 1 heterocycles. The number of hydrogen-bond acceptors (Lipinski definition) is 1. The van der Waals surface area contributed by atoms with Crippen LogP contribution in [0.25, 0.3) is 0 Å². The molecule has 1 fully saturated rings. The van der Waals surface area contributed by atoms with Crippen molar-refractivity contribution < 1.29 is 0 Å². The SMILES string of the molecule is CC.CCC1CCNCC1C. The number of nitrogens with one attached hydrogen (secondary N) is 1. The zero-order valence-corrected chi connectivity index (χ0v) is 8.48. The first-order chi connectivity index (χ1) is 5.34. The van der Waals surface area contributed by atoms with Crippen LogP contribution in [0.4, 0.5) is 0 Å². The third-order valence-electron chi connectivity index (χ3n) is 2.49. The van der Waals surface area contributed by atoms with Crippen LogP contribution in [0.5, 0.6) is 0 Å². The average Bonchev–Trinajstić information content (AvgIpc) is 2.09. The summed E-state index contributed by atoms with van der Waals surface area (Å²) in [5.74, 6) is 1.90.